The predicted molar refractivity (Wildman–Crippen MR) is 53.5 cm³/mol. The number of ketones is 1. The number of rotatable bonds is 4. The molecule has 0 heterocycles. The molecule has 0 aliphatic carbocycles. The van der Waals surface area contributed by atoms with E-state index in [2.05, 4.69) is 0 Å². The highest BCUT2D eigenvalue weighted by molar-refractivity contribution is 5.99. The van der Waals surface area contributed by atoms with Crippen LogP contribution in [-0.4, -0.2) is 23.6 Å². The summed E-state index contributed by atoms with van der Waals surface area (Å²) < 4.78 is 5.15. The Bertz CT molecular complexity index is 318. The first kappa shape index (κ1) is 10.7. The molecule has 0 aliphatic heterocycles. The van der Waals surface area contributed by atoms with E-state index in [-0.39, 0.29) is 24.2 Å². The first-order valence-electron chi connectivity index (χ1n) is 4.54. The molecule has 0 saturated heterocycles. The normalized spacial score (nSPS) is 10.5. The zero-order valence-electron chi connectivity index (χ0n) is 8.36. The number of Topliss-reactive ketones (excluding diaryl/α,β-unsaturated/α-hetero) is 1. The summed E-state index contributed by atoms with van der Waals surface area (Å²) in [5.41, 5.74) is 0.313. The molecule has 1 N–H and O–H groups in total. The maximum Gasteiger partial charge on any atom is 0.192 e. The average Bonchev–Trinajstić information content (AvgIpc) is 2.15. The van der Waals surface area contributed by atoms with Gasteiger partial charge < -0.3 is 9.84 Å². The lowest BCUT2D eigenvalue weighted by molar-refractivity contribution is 0.0582. The number of phenolic OH excluding ortho intramolecular Hbond substituents is 1. The Morgan fingerprint density at radius 3 is 2.64 bits per heavy atom. The largest absolute Gasteiger partial charge is 0.507 e. The highest BCUT2D eigenvalue weighted by Crippen LogP contribution is 2.16. The summed E-state index contributed by atoms with van der Waals surface area (Å²) in [6, 6.07) is 6.46. The molecular formula is C11H14O3. The van der Waals surface area contributed by atoms with E-state index in [9.17, 15) is 9.90 Å². The molecule has 76 valence electrons. The molecule has 3 nitrogen and oxygen atoms in total. The van der Waals surface area contributed by atoms with E-state index < -0.39 is 0 Å². The molecule has 0 fully saturated rings. The van der Waals surface area contributed by atoms with Gasteiger partial charge in [0.2, 0.25) is 0 Å². The molecule has 14 heavy (non-hydrogen) atoms. The number of hydrogen-bond acceptors (Lipinski definition) is 3. The van der Waals surface area contributed by atoms with Crippen LogP contribution >= 0.6 is 0 Å². The number of phenols is 1. The Labute approximate surface area is 83.3 Å². The minimum atomic E-state index is -0.197. The topological polar surface area (TPSA) is 46.5 Å². The molecule has 0 unspecified atom stereocenters. The molecule has 1 aromatic carbocycles. The summed E-state index contributed by atoms with van der Waals surface area (Å²) in [5, 5.41) is 9.37. The van der Waals surface area contributed by atoms with Crippen molar-refractivity contribution in [2.24, 2.45) is 0 Å². The smallest absolute Gasteiger partial charge is 0.192 e. The maximum absolute atomic E-state index is 11.5. The number of carbonyl (C=O) groups is 1. The molecule has 0 amide bonds. The Kier molecular flexibility index (Phi) is 3.65. The van der Waals surface area contributed by atoms with Gasteiger partial charge in [0.1, 0.15) is 12.4 Å². The highest BCUT2D eigenvalue weighted by Gasteiger charge is 2.10. The van der Waals surface area contributed by atoms with E-state index in [4.69, 9.17) is 4.74 Å². The van der Waals surface area contributed by atoms with Crippen molar-refractivity contribution in [2.45, 2.75) is 20.0 Å². The van der Waals surface area contributed by atoms with E-state index in [0.29, 0.717) is 5.56 Å². The molecule has 1 aromatic rings. The number of ether oxygens (including phenoxy) is 1. The summed E-state index contributed by atoms with van der Waals surface area (Å²) in [5.74, 6) is -0.193. The van der Waals surface area contributed by atoms with E-state index in [1.165, 1.54) is 6.07 Å². The molecule has 0 aliphatic rings. The first-order chi connectivity index (χ1) is 6.61. The molecule has 0 saturated carbocycles. The van der Waals surface area contributed by atoms with Gasteiger partial charge in [0.15, 0.2) is 5.78 Å². The summed E-state index contributed by atoms with van der Waals surface area (Å²) in [6.45, 7) is 3.73. The van der Waals surface area contributed by atoms with Crippen molar-refractivity contribution in [1.29, 1.82) is 0 Å². The third kappa shape index (κ3) is 2.85. The van der Waals surface area contributed by atoms with Crippen molar-refractivity contribution in [1.82, 2.24) is 0 Å². The van der Waals surface area contributed by atoms with E-state index in [0.717, 1.165) is 0 Å². The Hall–Kier alpha value is -1.35. The fourth-order valence-corrected chi connectivity index (χ4v) is 1.03. The summed E-state index contributed by atoms with van der Waals surface area (Å²) in [6.07, 6.45) is 0.0183. The maximum atomic E-state index is 11.5. The lowest BCUT2D eigenvalue weighted by atomic mass is 10.1. The molecule has 0 bridgehead atoms. The van der Waals surface area contributed by atoms with Crippen LogP contribution in [0.2, 0.25) is 0 Å². The van der Waals surface area contributed by atoms with E-state index in [1.807, 2.05) is 13.8 Å². The van der Waals surface area contributed by atoms with Gasteiger partial charge in [0.25, 0.3) is 0 Å². The van der Waals surface area contributed by atoms with Crippen LogP contribution in [0.3, 0.4) is 0 Å². The van der Waals surface area contributed by atoms with Gasteiger partial charge in [-0.2, -0.15) is 0 Å². The van der Waals surface area contributed by atoms with Gasteiger partial charge in [-0.25, -0.2) is 0 Å². The van der Waals surface area contributed by atoms with Gasteiger partial charge in [0, 0.05) is 0 Å². The molecule has 0 radical (unpaired) electrons. The Morgan fingerprint density at radius 1 is 1.43 bits per heavy atom. The van der Waals surface area contributed by atoms with Gasteiger partial charge in [0.05, 0.1) is 11.7 Å². The van der Waals surface area contributed by atoms with Gasteiger partial charge in [-0.1, -0.05) is 12.1 Å². The number of carbonyl (C=O) groups excluding carboxylic acids is 1. The first-order valence-corrected chi connectivity index (χ1v) is 4.54. The summed E-state index contributed by atoms with van der Waals surface area (Å²) >= 11 is 0. The van der Waals surface area contributed by atoms with Crippen molar-refractivity contribution in [3.8, 4) is 5.75 Å². The third-order valence-corrected chi connectivity index (χ3v) is 1.75. The minimum absolute atomic E-state index is 0.00450. The van der Waals surface area contributed by atoms with Crippen LogP contribution in [0.15, 0.2) is 24.3 Å². The molecular weight excluding hydrogens is 180 g/mol. The average molecular weight is 194 g/mol. The molecule has 0 atom stereocenters. The number of aromatic hydroxyl groups is 1. The van der Waals surface area contributed by atoms with Crippen LogP contribution < -0.4 is 0 Å². The van der Waals surface area contributed by atoms with Crippen LogP contribution in [-0.2, 0) is 4.74 Å². The molecule has 1 rings (SSSR count). The molecule has 0 aromatic heterocycles. The molecule has 0 spiro atoms. The highest BCUT2D eigenvalue weighted by atomic mass is 16.5. The van der Waals surface area contributed by atoms with Crippen molar-refractivity contribution >= 4 is 5.78 Å². The van der Waals surface area contributed by atoms with Crippen molar-refractivity contribution in [3.63, 3.8) is 0 Å². The lowest BCUT2D eigenvalue weighted by Crippen LogP contribution is -2.13. The zero-order chi connectivity index (χ0) is 10.6. The van der Waals surface area contributed by atoms with Gasteiger partial charge in [-0.3, -0.25) is 4.79 Å². The van der Waals surface area contributed by atoms with Crippen LogP contribution in [0.1, 0.15) is 24.2 Å². The van der Waals surface area contributed by atoms with Gasteiger partial charge in [-0.05, 0) is 26.0 Å². The summed E-state index contributed by atoms with van der Waals surface area (Å²) in [7, 11) is 0. The van der Waals surface area contributed by atoms with Crippen LogP contribution in [0.4, 0.5) is 0 Å². The van der Waals surface area contributed by atoms with Gasteiger partial charge >= 0.3 is 0 Å². The Balaban J connectivity index is 2.65. The van der Waals surface area contributed by atoms with Crippen LogP contribution in [0, 0.1) is 0 Å². The second-order valence-electron chi connectivity index (χ2n) is 3.30. The van der Waals surface area contributed by atoms with Crippen LogP contribution in [0.25, 0.3) is 0 Å². The van der Waals surface area contributed by atoms with Crippen molar-refractivity contribution < 1.29 is 14.6 Å². The van der Waals surface area contributed by atoms with Crippen molar-refractivity contribution in [3.05, 3.63) is 29.8 Å². The number of benzene rings is 1. The second-order valence-corrected chi connectivity index (χ2v) is 3.30. The summed E-state index contributed by atoms with van der Waals surface area (Å²) in [4.78, 5) is 11.5. The SMILES string of the molecule is CC(C)OCC(=O)c1ccccc1O. The monoisotopic (exact) mass is 194 g/mol. The second kappa shape index (κ2) is 4.77. The standard InChI is InChI=1S/C11H14O3/c1-8(2)14-7-11(13)9-5-3-4-6-10(9)12/h3-6,8,12H,7H2,1-2H3. The number of hydrogen-bond donors (Lipinski definition) is 1. The van der Waals surface area contributed by atoms with E-state index in [1.54, 1.807) is 18.2 Å². The van der Waals surface area contributed by atoms with Crippen LogP contribution in [0.5, 0.6) is 5.75 Å². The minimum Gasteiger partial charge on any atom is -0.507 e. The fraction of sp³-hybridized carbons (Fsp3) is 0.364. The zero-order valence-corrected chi connectivity index (χ0v) is 8.36. The van der Waals surface area contributed by atoms with Crippen molar-refractivity contribution in [2.75, 3.05) is 6.61 Å². The van der Waals surface area contributed by atoms with E-state index >= 15 is 0 Å². The fourth-order valence-electron chi connectivity index (χ4n) is 1.03. The number of para-hydroxylation sites is 1. The van der Waals surface area contributed by atoms with Gasteiger partial charge in [-0.15, -0.1) is 0 Å². The predicted octanol–water partition coefficient (Wildman–Crippen LogP) is 2.00. The molecule has 3 heteroatoms. The quantitative estimate of drug-likeness (QED) is 0.746. The lowest BCUT2D eigenvalue weighted by Gasteiger charge is -2.07. The Morgan fingerprint density at radius 2 is 2.07 bits per heavy atom. The third-order valence-electron chi connectivity index (χ3n) is 1.75.